The summed E-state index contributed by atoms with van der Waals surface area (Å²) in [5, 5.41) is 3.16. The van der Waals surface area contributed by atoms with Crippen molar-refractivity contribution in [2.24, 2.45) is 0 Å². The number of hydrogen-bond acceptors (Lipinski definition) is 6. The van der Waals surface area contributed by atoms with E-state index >= 15 is 4.39 Å². The van der Waals surface area contributed by atoms with Gasteiger partial charge in [0.2, 0.25) is 11.8 Å². The molecular weight excluding hydrogens is 645 g/mol. The molecule has 6 rings (SSSR count). The van der Waals surface area contributed by atoms with E-state index in [-0.39, 0.29) is 47.7 Å². The molecule has 1 aliphatic carbocycles. The van der Waals surface area contributed by atoms with Gasteiger partial charge < -0.3 is 19.7 Å². The van der Waals surface area contributed by atoms with Crippen molar-refractivity contribution in [3.05, 3.63) is 120 Å². The summed E-state index contributed by atoms with van der Waals surface area (Å²) < 4.78 is 56.2. The van der Waals surface area contributed by atoms with Crippen LogP contribution in [0.1, 0.15) is 43.2 Å². The van der Waals surface area contributed by atoms with Gasteiger partial charge in [-0.05, 0) is 48.7 Å². The maximum absolute atomic E-state index is 15.2. The van der Waals surface area contributed by atoms with Crippen LogP contribution in [0.5, 0.6) is 11.5 Å². The molecule has 1 N–H and O–H groups in total. The van der Waals surface area contributed by atoms with Gasteiger partial charge in [-0.2, -0.15) is 0 Å². The van der Waals surface area contributed by atoms with Crippen LogP contribution >= 0.6 is 0 Å². The Balaban J connectivity index is 1.41. The third kappa shape index (κ3) is 8.22. The minimum atomic E-state index is -4.30. The van der Waals surface area contributed by atoms with E-state index in [2.05, 4.69) is 5.32 Å². The van der Waals surface area contributed by atoms with Crippen molar-refractivity contribution >= 4 is 27.5 Å². The number of hydrogen-bond donors (Lipinski definition) is 1. The van der Waals surface area contributed by atoms with Gasteiger partial charge in [-0.25, -0.2) is 12.8 Å². The topological polar surface area (TPSA) is 105 Å². The molecule has 0 saturated heterocycles. The van der Waals surface area contributed by atoms with Crippen molar-refractivity contribution in [3.63, 3.8) is 0 Å². The van der Waals surface area contributed by atoms with Crippen LogP contribution in [0.2, 0.25) is 0 Å². The zero-order chi connectivity index (χ0) is 34.2. The third-order valence-corrected chi connectivity index (χ3v) is 10.7. The Hall–Kier alpha value is -4.90. The molecule has 1 saturated carbocycles. The zero-order valence-electron chi connectivity index (χ0n) is 27.2. The van der Waals surface area contributed by atoms with E-state index in [1.54, 1.807) is 48.5 Å². The van der Waals surface area contributed by atoms with Crippen molar-refractivity contribution in [2.45, 2.75) is 62.0 Å². The Bertz CT molecular complexity index is 1850. The highest BCUT2D eigenvalue weighted by molar-refractivity contribution is 7.92. The van der Waals surface area contributed by atoms with Crippen LogP contribution < -0.4 is 19.1 Å². The molecule has 2 amide bonds. The van der Waals surface area contributed by atoms with E-state index in [9.17, 15) is 18.0 Å². The quantitative estimate of drug-likeness (QED) is 0.200. The first-order valence-electron chi connectivity index (χ1n) is 16.6. The predicted molar refractivity (Wildman–Crippen MR) is 184 cm³/mol. The Morgan fingerprint density at radius 2 is 1.47 bits per heavy atom. The lowest BCUT2D eigenvalue weighted by molar-refractivity contribution is -0.140. The van der Waals surface area contributed by atoms with E-state index < -0.39 is 34.3 Å². The minimum absolute atomic E-state index is 0.0192. The maximum atomic E-state index is 15.2. The van der Waals surface area contributed by atoms with Gasteiger partial charge in [0.15, 0.2) is 11.5 Å². The van der Waals surface area contributed by atoms with Gasteiger partial charge in [-0.3, -0.25) is 13.9 Å². The van der Waals surface area contributed by atoms with Crippen molar-refractivity contribution < 1.29 is 31.9 Å². The molecule has 2 aliphatic rings. The molecule has 0 radical (unpaired) electrons. The fourth-order valence-electron chi connectivity index (χ4n) is 6.34. The fourth-order valence-corrected chi connectivity index (χ4v) is 7.77. The molecule has 49 heavy (non-hydrogen) atoms. The fraction of sp³-hybridized carbons (Fsp3) is 0.316. The summed E-state index contributed by atoms with van der Waals surface area (Å²) in [6.07, 6.45) is 4.90. The summed E-state index contributed by atoms with van der Waals surface area (Å²) in [6.45, 7) is -0.267. The number of sulfonamides is 1. The highest BCUT2D eigenvalue weighted by Crippen LogP contribution is 2.36. The van der Waals surface area contributed by atoms with Crippen molar-refractivity contribution in [1.29, 1.82) is 0 Å². The second-order valence-corrected chi connectivity index (χ2v) is 14.2. The summed E-state index contributed by atoms with van der Waals surface area (Å²) in [6, 6.07) is 26.8. The third-order valence-electron chi connectivity index (χ3n) is 8.94. The number of benzene rings is 4. The average molecular weight is 686 g/mol. The second kappa shape index (κ2) is 15.5. The summed E-state index contributed by atoms with van der Waals surface area (Å²) >= 11 is 0. The molecule has 256 valence electrons. The Labute approximate surface area is 286 Å². The van der Waals surface area contributed by atoms with Gasteiger partial charge in [0.05, 0.1) is 10.6 Å². The van der Waals surface area contributed by atoms with Gasteiger partial charge in [-0.1, -0.05) is 86.0 Å². The first-order chi connectivity index (χ1) is 23.8. The smallest absolute Gasteiger partial charge is 0.264 e. The SMILES string of the molecule is O=C(NC1CCCCC1)C(Cc1ccccc1)N(Cc1ccccc1F)C(=O)CN(c1ccc2c(c1)OCCO2)S(=O)(=O)c1ccccc1. The van der Waals surface area contributed by atoms with Crippen LogP contribution in [-0.2, 0) is 32.6 Å². The molecule has 9 nitrogen and oxygen atoms in total. The number of nitrogens with zero attached hydrogens (tertiary/aromatic N) is 2. The number of halogens is 1. The number of ether oxygens (including phenoxy) is 2. The summed E-state index contributed by atoms with van der Waals surface area (Å²) in [5.41, 5.74) is 1.19. The van der Waals surface area contributed by atoms with Crippen LogP contribution in [0.25, 0.3) is 0 Å². The van der Waals surface area contributed by atoms with Crippen molar-refractivity contribution in [3.8, 4) is 11.5 Å². The molecule has 4 aromatic carbocycles. The number of anilines is 1. The van der Waals surface area contributed by atoms with E-state index in [1.165, 1.54) is 29.2 Å². The van der Waals surface area contributed by atoms with E-state index in [1.807, 2.05) is 30.3 Å². The minimum Gasteiger partial charge on any atom is -0.486 e. The van der Waals surface area contributed by atoms with Crippen LogP contribution in [-0.4, -0.2) is 57.0 Å². The molecular formula is C38H40FN3O6S. The Morgan fingerprint density at radius 1 is 0.816 bits per heavy atom. The van der Waals surface area contributed by atoms with Crippen molar-refractivity contribution in [2.75, 3.05) is 24.1 Å². The van der Waals surface area contributed by atoms with Gasteiger partial charge in [0, 0.05) is 30.6 Å². The van der Waals surface area contributed by atoms with Gasteiger partial charge in [0.25, 0.3) is 10.0 Å². The first-order valence-corrected chi connectivity index (χ1v) is 18.1. The molecule has 0 aromatic heterocycles. The number of amides is 2. The van der Waals surface area contributed by atoms with Gasteiger partial charge in [-0.15, -0.1) is 0 Å². The Kier molecular flexibility index (Phi) is 10.8. The standard InChI is InChI=1S/C38H40FN3O6S/c39-33-19-11-10-14-29(33)26-41(34(24-28-12-4-1-5-13-28)38(44)40-30-15-6-2-7-16-30)37(43)27-42(49(45,46)32-17-8-3-9-18-32)31-20-21-35-36(25-31)48-23-22-47-35/h1,3-5,8-14,17-21,25,30,34H,2,6-7,15-16,22-24,26-27H2,(H,40,44). The largest absolute Gasteiger partial charge is 0.486 e. The van der Waals surface area contributed by atoms with Crippen molar-refractivity contribution in [1.82, 2.24) is 10.2 Å². The molecule has 0 spiro atoms. The lowest BCUT2D eigenvalue weighted by Crippen LogP contribution is -2.55. The number of rotatable bonds is 12. The second-order valence-electron chi connectivity index (χ2n) is 12.3. The Morgan fingerprint density at radius 3 is 2.18 bits per heavy atom. The lowest BCUT2D eigenvalue weighted by Gasteiger charge is -2.35. The zero-order valence-corrected chi connectivity index (χ0v) is 28.0. The molecule has 1 fully saturated rings. The maximum Gasteiger partial charge on any atom is 0.264 e. The lowest BCUT2D eigenvalue weighted by atomic mass is 9.94. The molecule has 4 aromatic rings. The molecule has 11 heteroatoms. The summed E-state index contributed by atoms with van der Waals surface area (Å²) in [4.78, 5) is 30.2. The van der Waals surface area contributed by atoms with E-state index in [4.69, 9.17) is 9.47 Å². The normalized spacial score (nSPS) is 15.2. The van der Waals surface area contributed by atoms with E-state index in [0.717, 1.165) is 42.0 Å². The van der Waals surface area contributed by atoms with Gasteiger partial charge in [0.1, 0.15) is 31.6 Å². The molecule has 1 atom stereocenters. The van der Waals surface area contributed by atoms with Crippen LogP contribution in [0, 0.1) is 5.82 Å². The number of fused-ring (bicyclic) bond motifs is 1. The van der Waals surface area contributed by atoms with Gasteiger partial charge >= 0.3 is 0 Å². The highest BCUT2D eigenvalue weighted by atomic mass is 32.2. The summed E-state index contributed by atoms with van der Waals surface area (Å²) in [5.74, 6) is -0.759. The first kappa shape index (κ1) is 34.0. The van der Waals surface area contributed by atoms with Crippen LogP contribution in [0.4, 0.5) is 10.1 Å². The summed E-state index contributed by atoms with van der Waals surface area (Å²) in [7, 11) is -4.30. The average Bonchev–Trinajstić information content (AvgIpc) is 3.13. The number of carbonyl (C=O) groups excluding carboxylic acids is 2. The molecule has 1 aliphatic heterocycles. The van der Waals surface area contributed by atoms with E-state index in [0.29, 0.717) is 18.1 Å². The molecule has 1 heterocycles. The van der Waals surface area contributed by atoms with Crippen LogP contribution in [0.3, 0.4) is 0 Å². The molecule has 1 unspecified atom stereocenters. The predicted octanol–water partition coefficient (Wildman–Crippen LogP) is 5.88. The molecule has 0 bridgehead atoms. The number of nitrogens with one attached hydrogen (secondary N) is 1. The number of carbonyl (C=O) groups is 2. The van der Waals surface area contributed by atoms with Crippen LogP contribution in [0.15, 0.2) is 108 Å². The monoisotopic (exact) mass is 685 g/mol. The highest BCUT2D eigenvalue weighted by Gasteiger charge is 2.36.